The Hall–Kier alpha value is -1.83. The van der Waals surface area contributed by atoms with Crippen molar-refractivity contribution < 1.29 is 15.6 Å². The lowest BCUT2D eigenvalue weighted by Crippen LogP contribution is -2.31. The van der Waals surface area contributed by atoms with E-state index >= 15 is 0 Å². The van der Waals surface area contributed by atoms with E-state index in [1.165, 1.54) is 3.11 Å². The minimum absolute atomic E-state index is 0.262. The third-order valence-electron chi connectivity index (χ3n) is 3.92. The van der Waals surface area contributed by atoms with Crippen LogP contribution in [0.3, 0.4) is 0 Å². The molecule has 0 heterocycles. The molecule has 2 aromatic rings. The average molecular weight is 457 g/mol. The van der Waals surface area contributed by atoms with E-state index in [1.54, 1.807) is 13.2 Å². The Kier molecular flexibility index (Phi) is 6.64. The van der Waals surface area contributed by atoms with Gasteiger partial charge in [-0.3, -0.25) is 3.11 Å². The normalized spacial score (nSPS) is 12.1. The van der Waals surface area contributed by atoms with Crippen molar-refractivity contribution in [2.75, 3.05) is 16.8 Å². The standard InChI is InChI=1S/C19H24INO4/c1-13-9-14(2)19(15(3)10-13)21(20(22)23)16(4)12-25-18-8-6-7-17(11-18)24-5/h6-11,16H,12H2,1-5H3/t16-/m0/s1. The van der Waals surface area contributed by atoms with Crippen LogP contribution < -0.4 is 12.6 Å². The summed E-state index contributed by atoms with van der Waals surface area (Å²) in [5, 5.41) is 0. The zero-order chi connectivity index (χ0) is 18.6. The highest BCUT2D eigenvalue weighted by Crippen LogP contribution is 2.35. The van der Waals surface area contributed by atoms with Crippen molar-refractivity contribution in [3.63, 3.8) is 0 Å². The molecule has 0 aromatic heterocycles. The van der Waals surface area contributed by atoms with E-state index in [0.717, 1.165) is 22.4 Å². The summed E-state index contributed by atoms with van der Waals surface area (Å²) < 4.78 is 36.5. The fourth-order valence-corrected chi connectivity index (χ4v) is 5.00. The van der Waals surface area contributed by atoms with E-state index in [4.69, 9.17) is 9.47 Å². The second-order valence-electron chi connectivity index (χ2n) is 6.10. The Morgan fingerprint density at radius 3 is 2.20 bits per heavy atom. The van der Waals surface area contributed by atoms with Crippen LogP contribution in [0.1, 0.15) is 23.6 Å². The molecule has 25 heavy (non-hydrogen) atoms. The highest BCUT2D eigenvalue weighted by molar-refractivity contribution is 14.2. The van der Waals surface area contributed by atoms with Gasteiger partial charge in [0.2, 0.25) is 0 Å². The number of anilines is 1. The number of hydrogen-bond acceptors (Lipinski definition) is 4. The molecule has 0 saturated carbocycles. The molecule has 0 amide bonds. The summed E-state index contributed by atoms with van der Waals surface area (Å²) in [6.07, 6.45) is 0. The molecule has 6 heteroatoms. The molecular formula is C19H24INO4. The Balaban J connectivity index is 2.23. The summed E-state index contributed by atoms with van der Waals surface area (Å²) in [6, 6.07) is 11.0. The van der Waals surface area contributed by atoms with Gasteiger partial charge in [-0.2, -0.15) is 0 Å². The molecule has 136 valence electrons. The first-order valence-electron chi connectivity index (χ1n) is 8.03. The summed E-state index contributed by atoms with van der Waals surface area (Å²) in [7, 11) is 1.60. The molecule has 0 saturated heterocycles. The van der Waals surface area contributed by atoms with Crippen molar-refractivity contribution in [3.8, 4) is 11.5 Å². The fourth-order valence-electron chi connectivity index (χ4n) is 2.91. The summed E-state index contributed by atoms with van der Waals surface area (Å²) in [4.78, 5) is 0. The molecule has 0 aliphatic heterocycles. The lowest BCUT2D eigenvalue weighted by atomic mass is 10.0. The smallest absolute Gasteiger partial charge is 0.421 e. The minimum atomic E-state index is -3.74. The summed E-state index contributed by atoms with van der Waals surface area (Å²) in [5.41, 5.74) is 3.80. The summed E-state index contributed by atoms with van der Waals surface area (Å²) in [5.74, 6) is 1.36. The van der Waals surface area contributed by atoms with Crippen molar-refractivity contribution in [1.29, 1.82) is 0 Å². The summed E-state index contributed by atoms with van der Waals surface area (Å²) in [6.45, 7) is 8.01. The quantitative estimate of drug-likeness (QED) is 0.433. The van der Waals surface area contributed by atoms with Crippen LogP contribution in [0.5, 0.6) is 11.5 Å². The van der Waals surface area contributed by atoms with Crippen LogP contribution in [-0.4, -0.2) is 19.8 Å². The number of aryl methyl sites for hydroxylation is 3. The van der Waals surface area contributed by atoms with Gasteiger partial charge < -0.3 is 9.47 Å². The van der Waals surface area contributed by atoms with Gasteiger partial charge in [0.1, 0.15) is 18.1 Å². The highest BCUT2D eigenvalue weighted by Gasteiger charge is 2.23. The van der Waals surface area contributed by atoms with Crippen LogP contribution in [0, 0.1) is 20.8 Å². The van der Waals surface area contributed by atoms with Crippen LogP contribution in [0.15, 0.2) is 36.4 Å². The van der Waals surface area contributed by atoms with Crippen LogP contribution >= 0.6 is 20.1 Å². The van der Waals surface area contributed by atoms with Gasteiger partial charge in [0.05, 0.1) is 18.8 Å². The number of nitrogens with zero attached hydrogens (tertiary/aromatic N) is 1. The third kappa shape index (κ3) is 4.84. The molecule has 0 spiro atoms. The van der Waals surface area contributed by atoms with Gasteiger partial charge in [0, 0.05) is 6.07 Å². The van der Waals surface area contributed by atoms with Gasteiger partial charge in [-0.25, -0.2) is 6.14 Å². The van der Waals surface area contributed by atoms with E-state index in [-0.39, 0.29) is 12.6 Å². The van der Waals surface area contributed by atoms with Gasteiger partial charge in [-0.1, -0.05) is 23.8 Å². The van der Waals surface area contributed by atoms with Crippen molar-refractivity contribution in [3.05, 3.63) is 53.1 Å². The van der Waals surface area contributed by atoms with Gasteiger partial charge >= 0.3 is 20.1 Å². The number of halogens is 1. The molecule has 0 fully saturated rings. The van der Waals surface area contributed by atoms with E-state index in [9.17, 15) is 6.14 Å². The monoisotopic (exact) mass is 457 g/mol. The second-order valence-corrected chi connectivity index (χ2v) is 8.29. The fraction of sp³-hybridized carbons (Fsp3) is 0.368. The largest absolute Gasteiger partial charge is 0.497 e. The molecule has 1 atom stereocenters. The predicted octanol–water partition coefficient (Wildman–Crippen LogP) is 5.01. The molecule has 0 N–H and O–H groups in total. The van der Waals surface area contributed by atoms with Gasteiger partial charge in [0.15, 0.2) is 0 Å². The molecule has 0 unspecified atom stereocenters. The number of rotatable bonds is 7. The van der Waals surface area contributed by atoms with Crippen molar-refractivity contribution in [2.24, 2.45) is 0 Å². The molecule has 5 nitrogen and oxygen atoms in total. The Labute approximate surface area is 156 Å². The molecule has 0 bridgehead atoms. The topological polar surface area (TPSA) is 55.8 Å². The minimum Gasteiger partial charge on any atom is -0.497 e. The van der Waals surface area contributed by atoms with Gasteiger partial charge in [-0.05, 0) is 51.0 Å². The SMILES string of the molecule is COc1cccc(OC[C@H](C)N(c2c(C)cc(C)cc2C)I(=O)=O)c1. The molecule has 0 radical (unpaired) electrons. The zero-order valence-corrected chi connectivity index (χ0v) is 17.4. The second kappa shape index (κ2) is 8.51. The number of benzene rings is 2. The zero-order valence-electron chi connectivity index (χ0n) is 15.2. The first-order valence-corrected chi connectivity index (χ1v) is 10.8. The molecule has 2 rings (SSSR count). The molecule has 0 aliphatic rings. The van der Waals surface area contributed by atoms with E-state index in [2.05, 4.69) is 0 Å². The van der Waals surface area contributed by atoms with Crippen LogP contribution in [-0.2, 0) is 6.14 Å². The van der Waals surface area contributed by atoms with Crippen molar-refractivity contribution in [2.45, 2.75) is 33.7 Å². The molecule has 0 aliphatic carbocycles. The number of hydrogen-bond donors (Lipinski definition) is 0. The Morgan fingerprint density at radius 1 is 1.04 bits per heavy atom. The van der Waals surface area contributed by atoms with Crippen LogP contribution in [0.25, 0.3) is 0 Å². The van der Waals surface area contributed by atoms with Crippen molar-refractivity contribution in [1.82, 2.24) is 0 Å². The van der Waals surface area contributed by atoms with Crippen molar-refractivity contribution >= 4 is 25.8 Å². The third-order valence-corrected chi connectivity index (χ3v) is 6.20. The van der Waals surface area contributed by atoms with E-state index in [1.807, 2.05) is 58.0 Å². The Morgan fingerprint density at radius 2 is 1.64 bits per heavy atom. The molecule has 2 aromatic carbocycles. The highest BCUT2D eigenvalue weighted by atomic mass is 127. The summed E-state index contributed by atoms with van der Waals surface area (Å²) >= 11 is -3.74. The maximum absolute atomic E-state index is 12.0. The maximum Gasteiger partial charge on any atom is 0.421 e. The maximum atomic E-state index is 12.0. The number of methoxy groups -OCH3 is 1. The average Bonchev–Trinajstić information content (AvgIpc) is 2.55. The van der Waals surface area contributed by atoms with Gasteiger partial charge in [0.25, 0.3) is 0 Å². The van der Waals surface area contributed by atoms with E-state index in [0.29, 0.717) is 11.5 Å². The van der Waals surface area contributed by atoms with Crippen LogP contribution in [0.2, 0.25) is 0 Å². The lowest BCUT2D eigenvalue weighted by molar-refractivity contribution is 0.297. The molecular weight excluding hydrogens is 433 g/mol. The first-order chi connectivity index (χ1) is 11.8. The Bertz CT molecular complexity index is 786. The predicted molar refractivity (Wildman–Crippen MR) is 106 cm³/mol. The van der Waals surface area contributed by atoms with Gasteiger partial charge in [-0.15, -0.1) is 0 Å². The number of ether oxygens (including phenoxy) is 2. The van der Waals surface area contributed by atoms with Crippen LogP contribution in [0.4, 0.5) is 5.69 Å². The first kappa shape index (κ1) is 19.5. The lowest BCUT2D eigenvalue weighted by Gasteiger charge is -2.27. The van der Waals surface area contributed by atoms with E-state index < -0.39 is 20.1 Å².